The maximum atomic E-state index is 13.5. The number of carbonyl (C=O) groups excluding carboxylic acids is 2. The fourth-order valence-electron chi connectivity index (χ4n) is 3.92. The number of ether oxygens (including phenoxy) is 1. The van der Waals surface area contributed by atoms with E-state index in [9.17, 15) is 14.7 Å². The van der Waals surface area contributed by atoms with Gasteiger partial charge in [0.1, 0.15) is 23.1 Å². The molecule has 0 saturated heterocycles. The maximum absolute atomic E-state index is 13.5. The number of rotatable bonds is 5. The van der Waals surface area contributed by atoms with Crippen LogP contribution in [0, 0.1) is 17.8 Å². The molecule has 10 heteroatoms. The summed E-state index contributed by atoms with van der Waals surface area (Å²) in [5.74, 6) is 5.34. The second-order valence-corrected chi connectivity index (χ2v) is 8.94. The van der Waals surface area contributed by atoms with E-state index in [-0.39, 0.29) is 48.0 Å². The first-order valence-corrected chi connectivity index (χ1v) is 11.9. The Kier molecular flexibility index (Phi) is 8.05. The minimum atomic E-state index is -0.483. The number of amides is 2. The molecule has 1 aliphatic rings. The summed E-state index contributed by atoms with van der Waals surface area (Å²) in [5, 5.41) is 9.84. The van der Waals surface area contributed by atoms with Gasteiger partial charge in [-0.1, -0.05) is 18.9 Å². The first-order chi connectivity index (χ1) is 17.9. The number of pyridine rings is 2. The van der Waals surface area contributed by atoms with E-state index in [0.29, 0.717) is 17.8 Å². The molecule has 3 atom stereocenters. The van der Waals surface area contributed by atoms with Crippen LogP contribution in [0.4, 0.5) is 0 Å². The molecule has 0 saturated carbocycles. The number of aromatic nitrogens is 4. The molecule has 1 N–H and O–H groups in total. The van der Waals surface area contributed by atoms with Crippen LogP contribution in [0.25, 0.3) is 0 Å². The van der Waals surface area contributed by atoms with Crippen molar-refractivity contribution in [1.29, 1.82) is 0 Å². The average Bonchev–Trinajstić information content (AvgIpc) is 2.94. The van der Waals surface area contributed by atoms with Gasteiger partial charge in [0.05, 0.1) is 25.4 Å². The minimum absolute atomic E-state index is 0.153. The Hall–Kier alpha value is -4.36. The first kappa shape index (κ1) is 25.7. The fourth-order valence-corrected chi connectivity index (χ4v) is 3.92. The van der Waals surface area contributed by atoms with E-state index in [1.54, 1.807) is 49.5 Å². The lowest BCUT2D eigenvalue weighted by molar-refractivity contribution is 0.0312. The fraction of sp³-hybridized carbons (Fsp3) is 0.333. The van der Waals surface area contributed by atoms with Crippen LogP contribution in [0.2, 0.25) is 0 Å². The average molecular weight is 501 g/mol. The van der Waals surface area contributed by atoms with Crippen molar-refractivity contribution < 1.29 is 19.4 Å². The number of aliphatic hydroxyl groups is 1. The monoisotopic (exact) mass is 500 g/mol. The van der Waals surface area contributed by atoms with Crippen molar-refractivity contribution in [2.24, 2.45) is 5.92 Å². The highest BCUT2D eigenvalue weighted by Gasteiger charge is 2.35. The molecule has 2 amide bonds. The number of hydrogen-bond acceptors (Lipinski definition) is 8. The Balaban J connectivity index is 1.65. The van der Waals surface area contributed by atoms with Crippen LogP contribution < -0.4 is 4.74 Å². The summed E-state index contributed by atoms with van der Waals surface area (Å²) in [6, 6.07) is 6.65. The molecular weight excluding hydrogens is 472 g/mol. The minimum Gasteiger partial charge on any atom is -0.472 e. The van der Waals surface area contributed by atoms with Crippen molar-refractivity contribution in [2.75, 3.05) is 26.7 Å². The highest BCUT2D eigenvalue weighted by molar-refractivity contribution is 5.97. The summed E-state index contributed by atoms with van der Waals surface area (Å²) in [7, 11) is 1.66. The molecule has 0 fully saturated rings. The van der Waals surface area contributed by atoms with Gasteiger partial charge < -0.3 is 19.6 Å². The molecule has 0 bridgehead atoms. The van der Waals surface area contributed by atoms with Crippen LogP contribution >= 0.6 is 0 Å². The highest BCUT2D eigenvalue weighted by atomic mass is 16.5. The Labute approximate surface area is 215 Å². The van der Waals surface area contributed by atoms with Gasteiger partial charge in [0.25, 0.3) is 11.8 Å². The Morgan fingerprint density at radius 2 is 2.05 bits per heavy atom. The highest BCUT2D eigenvalue weighted by Crippen LogP contribution is 2.27. The van der Waals surface area contributed by atoms with Gasteiger partial charge in [0, 0.05) is 49.9 Å². The zero-order valence-corrected chi connectivity index (χ0v) is 20.9. The molecule has 0 aliphatic carbocycles. The predicted molar refractivity (Wildman–Crippen MR) is 135 cm³/mol. The standard InChI is InChI=1S/C27H28N6O4/c1-18-15-33(19(2)17-34)26(35)22-12-20(7-8-21-6-4-5-9-29-21)13-31-25(22)37-24(18)16-32(3)27(36)23-14-28-10-11-30-23/h4-6,9-14,18-19,24,34H,15-17H2,1-3H3/t18-,19-,24+/m1/s1. The van der Waals surface area contributed by atoms with Crippen molar-refractivity contribution in [3.63, 3.8) is 0 Å². The van der Waals surface area contributed by atoms with Gasteiger partial charge in [-0.2, -0.15) is 0 Å². The molecule has 4 rings (SSSR count). The summed E-state index contributed by atoms with van der Waals surface area (Å²) in [5.41, 5.74) is 1.59. The molecule has 3 aromatic heterocycles. The normalized spacial score (nSPS) is 17.8. The molecule has 10 nitrogen and oxygen atoms in total. The van der Waals surface area contributed by atoms with Gasteiger partial charge in [-0.25, -0.2) is 15.0 Å². The van der Waals surface area contributed by atoms with Crippen molar-refractivity contribution in [2.45, 2.75) is 26.0 Å². The lowest BCUT2D eigenvalue weighted by atomic mass is 9.99. The maximum Gasteiger partial charge on any atom is 0.273 e. The van der Waals surface area contributed by atoms with Crippen LogP contribution in [0.15, 0.2) is 55.2 Å². The molecule has 0 unspecified atom stereocenters. The number of carbonyl (C=O) groups is 2. The third-order valence-corrected chi connectivity index (χ3v) is 6.10. The van der Waals surface area contributed by atoms with Crippen molar-refractivity contribution in [3.8, 4) is 17.7 Å². The van der Waals surface area contributed by atoms with Crippen LogP contribution in [-0.4, -0.2) is 85.5 Å². The predicted octanol–water partition coefficient (Wildman–Crippen LogP) is 1.66. The van der Waals surface area contributed by atoms with Gasteiger partial charge in [0.15, 0.2) is 0 Å². The van der Waals surface area contributed by atoms with Crippen molar-refractivity contribution in [1.82, 2.24) is 29.7 Å². The molecule has 190 valence electrons. The van der Waals surface area contributed by atoms with E-state index in [1.165, 1.54) is 23.5 Å². The summed E-state index contributed by atoms with van der Waals surface area (Å²) in [4.78, 5) is 46.2. The summed E-state index contributed by atoms with van der Waals surface area (Å²) in [6.07, 6.45) is 7.09. The Bertz CT molecular complexity index is 1310. The number of fused-ring (bicyclic) bond motifs is 1. The summed E-state index contributed by atoms with van der Waals surface area (Å²) >= 11 is 0. The molecule has 0 radical (unpaired) electrons. The zero-order valence-electron chi connectivity index (χ0n) is 20.9. The zero-order chi connectivity index (χ0) is 26.4. The van der Waals surface area contributed by atoms with E-state index in [1.807, 2.05) is 13.0 Å². The van der Waals surface area contributed by atoms with E-state index in [0.717, 1.165) is 0 Å². The number of likely N-dealkylation sites (N-methyl/N-ethyl adjacent to an activating group) is 1. The third kappa shape index (κ3) is 6.08. The van der Waals surface area contributed by atoms with Crippen LogP contribution in [0.1, 0.15) is 46.0 Å². The van der Waals surface area contributed by atoms with Crippen molar-refractivity contribution in [3.05, 3.63) is 77.8 Å². The topological polar surface area (TPSA) is 122 Å². The van der Waals surface area contributed by atoms with Gasteiger partial charge in [-0.3, -0.25) is 14.6 Å². The first-order valence-electron chi connectivity index (χ1n) is 11.9. The lowest BCUT2D eigenvalue weighted by Crippen LogP contribution is -2.50. The van der Waals surface area contributed by atoms with Gasteiger partial charge in [0.2, 0.25) is 5.88 Å². The third-order valence-electron chi connectivity index (χ3n) is 6.10. The van der Waals surface area contributed by atoms with Gasteiger partial charge in [-0.15, -0.1) is 0 Å². The number of nitrogens with zero attached hydrogens (tertiary/aromatic N) is 6. The van der Waals surface area contributed by atoms with Crippen molar-refractivity contribution >= 4 is 11.8 Å². The number of hydrogen-bond donors (Lipinski definition) is 1. The Morgan fingerprint density at radius 3 is 2.76 bits per heavy atom. The van der Waals surface area contributed by atoms with Crippen LogP contribution in [-0.2, 0) is 0 Å². The van der Waals surface area contributed by atoms with Gasteiger partial charge in [-0.05, 0) is 31.0 Å². The lowest BCUT2D eigenvalue weighted by Gasteiger charge is -2.37. The molecule has 4 heterocycles. The van der Waals surface area contributed by atoms with E-state index in [4.69, 9.17) is 4.74 Å². The molecular formula is C27H28N6O4. The SMILES string of the molecule is C[C@@H]1CN([C@H](C)CO)C(=O)c2cc(C#Cc3ccccn3)cnc2O[C@H]1CN(C)C(=O)c1cnccn1. The van der Waals surface area contributed by atoms with E-state index in [2.05, 4.69) is 31.8 Å². The number of aliphatic hydroxyl groups excluding tert-OH is 1. The molecule has 0 aromatic carbocycles. The summed E-state index contributed by atoms with van der Waals surface area (Å²) < 4.78 is 6.24. The van der Waals surface area contributed by atoms with E-state index >= 15 is 0 Å². The quantitative estimate of drug-likeness (QED) is 0.525. The van der Waals surface area contributed by atoms with Crippen LogP contribution in [0.3, 0.4) is 0 Å². The molecule has 3 aromatic rings. The largest absolute Gasteiger partial charge is 0.472 e. The smallest absolute Gasteiger partial charge is 0.273 e. The molecule has 1 aliphatic heterocycles. The second-order valence-electron chi connectivity index (χ2n) is 8.94. The van der Waals surface area contributed by atoms with Crippen LogP contribution in [0.5, 0.6) is 5.88 Å². The molecule has 0 spiro atoms. The van der Waals surface area contributed by atoms with Gasteiger partial charge >= 0.3 is 0 Å². The summed E-state index contributed by atoms with van der Waals surface area (Å²) in [6.45, 7) is 4.07. The second kappa shape index (κ2) is 11.6. The Morgan fingerprint density at radius 1 is 1.22 bits per heavy atom. The van der Waals surface area contributed by atoms with E-state index < -0.39 is 12.1 Å². The molecule has 37 heavy (non-hydrogen) atoms.